The quantitative estimate of drug-likeness (QED) is 0.615. The largest absolute Gasteiger partial charge is 0.346 e. The van der Waals surface area contributed by atoms with Crippen LogP contribution in [-0.4, -0.2) is 23.6 Å². The lowest BCUT2D eigenvalue weighted by molar-refractivity contribution is 0.401. The van der Waals surface area contributed by atoms with Crippen molar-refractivity contribution in [2.24, 2.45) is 12.9 Å². The molecule has 2 aromatic rings. The Morgan fingerprint density at radius 1 is 1.29 bits per heavy atom. The molecule has 0 aliphatic heterocycles. The zero-order valence-electron chi connectivity index (χ0n) is 10.7. The number of hydrogen-bond donors (Lipinski definition) is 2. The lowest BCUT2D eigenvalue weighted by Crippen LogP contribution is -2.24. The van der Waals surface area contributed by atoms with Gasteiger partial charge in [-0.3, -0.25) is 11.3 Å². The Morgan fingerprint density at radius 3 is 2.65 bits per heavy atom. The minimum atomic E-state index is 0.689. The minimum absolute atomic E-state index is 0.689. The van der Waals surface area contributed by atoms with Crippen LogP contribution >= 0.6 is 0 Å². The van der Waals surface area contributed by atoms with Crippen molar-refractivity contribution in [3.8, 4) is 0 Å². The Hall–Kier alpha value is -1.36. The van der Waals surface area contributed by atoms with Gasteiger partial charge in [0.1, 0.15) is 0 Å². The molecule has 4 heteroatoms. The van der Waals surface area contributed by atoms with Gasteiger partial charge in [0.2, 0.25) is 0 Å². The molecule has 0 aliphatic carbocycles. The molecule has 2 rings (SSSR count). The first-order chi connectivity index (χ1) is 8.15. The molecule has 0 saturated heterocycles. The highest BCUT2D eigenvalue weighted by atomic mass is 15.2. The summed E-state index contributed by atoms with van der Waals surface area (Å²) < 4.78 is 2.22. The van der Waals surface area contributed by atoms with Crippen LogP contribution in [0.15, 0.2) is 24.3 Å². The van der Waals surface area contributed by atoms with E-state index >= 15 is 0 Å². The number of benzene rings is 1. The molecule has 0 spiro atoms. The molecular weight excluding hydrogens is 212 g/mol. The van der Waals surface area contributed by atoms with Crippen LogP contribution in [0.2, 0.25) is 0 Å². The molecule has 1 heterocycles. The number of rotatable bonds is 4. The third-order valence-electron chi connectivity index (χ3n) is 3.09. The normalized spacial score (nSPS) is 11.6. The lowest BCUT2D eigenvalue weighted by Gasteiger charge is -2.12. The molecule has 1 aromatic carbocycles. The maximum Gasteiger partial charge on any atom is 0.0505 e. The summed E-state index contributed by atoms with van der Waals surface area (Å²) in [6.07, 6.45) is 0. The van der Waals surface area contributed by atoms with E-state index in [-0.39, 0.29) is 0 Å². The number of aromatic nitrogens is 1. The second-order valence-corrected chi connectivity index (χ2v) is 4.62. The SMILES string of the molecule is CN(C)Cc1c(CNN)n(C)c2ccccc12. The van der Waals surface area contributed by atoms with E-state index in [2.05, 4.69) is 60.3 Å². The minimum Gasteiger partial charge on any atom is -0.346 e. The van der Waals surface area contributed by atoms with Gasteiger partial charge in [-0.15, -0.1) is 0 Å². The van der Waals surface area contributed by atoms with Crippen molar-refractivity contribution in [1.29, 1.82) is 0 Å². The highest BCUT2D eigenvalue weighted by molar-refractivity contribution is 5.85. The molecule has 0 amide bonds. The van der Waals surface area contributed by atoms with Crippen LogP contribution in [-0.2, 0) is 20.1 Å². The molecule has 1 aromatic heterocycles. The fourth-order valence-electron chi connectivity index (χ4n) is 2.34. The maximum atomic E-state index is 5.47. The van der Waals surface area contributed by atoms with Crippen molar-refractivity contribution < 1.29 is 0 Å². The number of nitrogens with zero attached hydrogens (tertiary/aromatic N) is 2. The highest BCUT2D eigenvalue weighted by Gasteiger charge is 2.14. The van der Waals surface area contributed by atoms with E-state index in [9.17, 15) is 0 Å². The third-order valence-corrected chi connectivity index (χ3v) is 3.09. The molecule has 0 atom stereocenters. The molecule has 0 bridgehead atoms. The predicted octanol–water partition coefficient (Wildman–Crippen LogP) is 1.20. The zero-order chi connectivity index (χ0) is 12.4. The van der Waals surface area contributed by atoms with Crippen molar-refractivity contribution in [1.82, 2.24) is 14.9 Å². The fraction of sp³-hybridized carbons (Fsp3) is 0.385. The van der Waals surface area contributed by atoms with Crippen LogP contribution in [0.4, 0.5) is 0 Å². The van der Waals surface area contributed by atoms with Gasteiger partial charge in [-0.1, -0.05) is 18.2 Å². The van der Waals surface area contributed by atoms with Gasteiger partial charge in [0.15, 0.2) is 0 Å². The molecule has 92 valence electrons. The van der Waals surface area contributed by atoms with Gasteiger partial charge in [0.05, 0.1) is 6.54 Å². The van der Waals surface area contributed by atoms with E-state index in [0.717, 1.165) is 6.54 Å². The Labute approximate surface area is 102 Å². The maximum absolute atomic E-state index is 5.47. The summed E-state index contributed by atoms with van der Waals surface area (Å²) in [6, 6.07) is 8.48. The third kappa shape index (κ3) is 2.20. The molecule has 0 aliphatic rings. The van der Waals surface area contributed by atoms with Crippen LogP contribution in [0.1, 0.15) is 11.3 Å². The number of nitrogens with two attached hydrogens (primary N) is 1. The molecule has 0 unspecified atom stereocenters. The van der Waals surface area contributed by atoms with Gasteiger partial charge >= 0.3 is 0 Å². The average molecular weight is 232 g/mol. The van der Waals surface area contributed by atoms with Crippen molar-refractivity contribution in [2.45, 2.75) is 13.1 Å². The zero-order valence-corrected chi connectivity index (χ0v) is 10.7. The summed E-state index contributed by atoms with van der Waals surface area (Å²) in [4.78, 5) is 2.18. The van der Waals surface area contributed by atoms with Crippen molar-refractivity contribution in [3.05, 3.63) is 35.5 Å². The topological polar surface area (TPSA) is 46.2 Å². The first-order valence-electron chi connectivity index (χ1n) is 5.78. The van der Waals surface area contributed by atoms with Gasteiger partial charge in [0, 0.05) is 30.2 Å². The Kier molecular flexibility index (Phi) is 3.47. The predicted molar refractivity (Wildman–Crippen MR) is 71.3 cm³/mol. The van der Waals surface area contributed by atoms with Crippen molar-refractivity contribution in [2.75, 3.05) is 14.1 Å². The Bertz CT molecular complexity index is 513. The number of hydrazine groups is 1. The van der Waals surface area contributed by atoms with Crippen LogP contribution in [0, 0.1) is 0 Å². The Morgan fingerprint density at radius 2 is 2.00 bits per heavy atom. The van der Waals surface area contributed by atoms with E-state index < -0.39 is 0 Å². The van der Waals surface area contributed by atoms with E-state index in [1.165, 1.54) is 22.2 Å². The first kappa shape index (κ1) is 12.1. The molecule has 3 N–H and O–H groups in total. The molecular formula is C13H20N4. The number of aryl methyl sites for hydroxylation is 1. The lowest BCUT2D eigenvalue weighted by atomic mass is 10.1. The molecule has 0 radical (unpaired) electrons. The highest BCUT2D eigenvalue weighted by Crippen LogP contribution is 2.26. The summed E-state index contributed by atoms with van der Waals surface area (Å²) in [5.74, 6) is 5.47. The number of nitrogens with one attached hydrogen (secondary N) is 1. The monoisotopic (exact) mass is 232 g/mol. The number of para-hydroxylation sites is 1. The van der Waals surface area contributed by atoms with E-state index in [4.69, 9.17) is 5.84 Å². The first-order valence-corrected chi connectivity index (χ1v) is 5.78. The van der Waals surface area contributed by atoms with Gasteiger partial charge in [-0.05, 0) is 25.7 Å². The summed E-state index contributed by atoms with van der Waals surface area (Å²) in [5.41, 5.74) is 6.62. The van der Waals surface area contributed by atoms with Gasteiger partial charge in [0.25, 0.3) is 0 Å². The summed E-state index contributed by atoms with van der Waals surface area (Å²) in [5, 5.41) is 1.31. The molecule has 0 fully saturated rings. The Balaban J connectivity index is 2.62. The van der Waals surface area contributed by atoms with Crippen LogP contribution in [0.5, 0.6) is 0 Å². The van der Waals surface area contributed by atoms with Crippen LogP contribution in [0.25, 0.3) is 10.9 Å². The van der Waals surface area contributed by atoms with E-state index in [1.807, 2.05) is 0 Å². The molecule has 0 saturated carbocycles. The standard InChI is InChI=1S/C13H20N4/c1-16(2)9-11-10-6-4-5-7-12(10)17(3)13(11)8-15-14/h4-7,15H,8-9,14H2,1-3H3. The van der Waals surface area contributed by atoms with Crippen molar-refractivity contribution in [3.63, 3.8) is 0 Å². The van der Waals surface area contributed by atoms with Gasteiger partial charge in [-0.25, -0.2) is 0 Å². The van der Waals surface area contributed by atoms with Crippen LogP contribution < -0.4 is 11.3 Å². The average Bonchev–Trinajstić information content (AvgIpc) is 2.55. The van der Waals surface area contributed by atoms with E-state index in [1.54, 1.807) is 0 Å². The summed E-state index contributed by atoms with van der Waals surface area (Å²) in [6.45, 7) is 1.62. The number of fused-ring (bicyclic) bond motifs is 1. The second-order valence-electron chi connectivity index (χ2n) is 4.62. The van der Waals surface area contributed by atoms with Gasteiger partial charge in [-0.2, -0.15) is 0 Å². The summed E-state index contributed by atoms with van der Waals surface area (Å²) >= 11 is 0. The summed E-state index contributed by atoms with van der Waals surface area (Å²) in [7, 11) is 6.26. The fourth-order valence-corrected chi connectivity index (χ4v) is 2.34. The van der Waals surface area contributed by atoms with E-state index in [0.29, 0.717) is 6.54 Å². The molecule has 4 nitrogen and oxygen atoms in total. The van der Waals surface area contributed by atoms with Crippen molar-refractivity contribution >= 4 is 10.9 Å². The van der Waals surface area contributed by atoms with Crippen LogP contribution in [0.3, 0.4) is 0 Å². The second kappa shape index (κ2) is 4.87. The number of hydrogen-bond acceptors (Lipinski definition) is 3. The molecule has 17 heavy (non-hydrogen) atoms. The smallest absolute Gasteiger partial charge is 0.0505 e. The van der Waals surface area contributed by atoms with Gasteiger partial charge < -0.3 is 9.47 Å².